The Balaban J connectivity index is 1.61. The minimum absolute atomic E-state index is 0.302. The largest absolute Gasteiger partial charge is 0.242 e. The standard InChI is InChI=1S/C23H18F3N/c24-21(19-4-2-1-3-5-19)12-17-9-6-16(7-10-17)8-11-18-13-22(25)20(15-27)23(26)14-18/h1-7,9-10,13-14,21H,8,11-12H2/t21-/m0/s1. The number of halogens is 3. The average molecular weight is 365 g/mol. The second-order valence-electron chi connectivity index (χ2n) is 6.45. The van der Waals surface area contributed by atoms with Crippen molar-refractivity contribution in [3.05, 3.63) is 106 Å². The van der Waals surface area contributed by atoms with Crippen LogP contribution >= 0.6 is 0 Å². The molecule has 0 amide bonds. The number of hydrogen-bond donors (Lipinski definition) is 0. The molecule has 0 N–H and O–H groups in total. The van der Waals surface area contributed by atoms with Gasteiger partial charge in [0.2, 0.25) is 0 Å². The second kappa shape index (κ2) is 8.55. The maximum Gasteiger partial charge on any atom is 0.144 e. The Bertz CT molecular complexity index is 921. The van der Waals surface area contributed by atoms with Crippen molar-refractivity contribution in [1.82, 2.24) is 0 Å². The van der Waals surface area contributed by atoms with Crippen LogP contribution in [0.1, 0.15) is 34.0 Å². The highest BCUT2D eigenvalue weighted by Gasteiger charge is 2.12. The van der Waals surface area contributed by atoms with E-state index in [4.69, 9.17) is 5.26 Å². The number of nitriles is 1. The van der Waals surface area contributed by atoms with Gasteiger partial charge in [-0.2, -0.15) is 5.26 Å². The van der Waals surface area contributed by atoms with Gasteiger partial charge in [-0.1, -0.05) is 54.6 Å². The van der Waals surface area contributed by atoms with Crippen molar-refractivity contribution in [2.24, 2.45) is 0 Å². The van der Waals surface area contributed by atoms with E-state index in [2.05, 4.69) is 0 Å². The summed E-state index contributed by atoms with van der Waals surface area (Å²) in [5.74, 6) is -1.67. The van der Waals surface area contributed by atoms with Crippen LogP contribution in [0.15, 0.2) is 66.7 Å². The summed E-state index contributed by atoms with van der Waals surface area (Å²) in [6.45, 7) is 0. The van der Waals surface area contributed by atoms with E-state index in [0.717, 1.165) is 11.1 Å². The molecule has 1 nitrogen and oxygen atoms in total. The molecule has 0 aliphatic rings. The van der Waals surface area contributed by atoms with E-state index in [9.17, 15) is 13.2 Å². The summed E-state index contributed by atoms with van der Waals surface area (Å²) in [6.07, 6.45) is 0.301. The highest BCUT2D eigenvalue weighted by molar-refractivity contribution is 5.35. The lowest BCUT2D eigenvalue weighted by Gasteiger charge is -2.09. The molecule has 0 unspecified atom stereocenters. The third-order valence-corrected chi connectivity index (χ3v) is 4.52. The monoisotopic (exact) mass is 365 g/mol. The summed E-state index contributed by atoms with van der Waals surface area (Å²) < 4.78 is 41.6. The van der Waals surface area contributed by atoms with Crippen LogP contribution in [0.4, 0.5) is 13.2 Å². The van der Waals surface area contributed by atoms with Gasteiger partial charge in [-0.25, -0.2) is 13.2 Å². The lowest BCUT2D eigenvalue weighted by atomic mass is 9.99. The molecule has 0 fully saturated rings. The van der Waals surface area contributed by atoms with Crippen molar-refractivity contribution in [3.63, 3.8) is 0 Å². The van der Waals surface area contributed by atoms with Crippen molar-refractivity contribution in [1.29, 1.82) is 5.26 Å². The highest BCUT2D eigenvalue weighted by atomic mass is 19.1. The summed E-state index contributed by atoms with van der Waals surface area (Å²) in [4.78, 5) is 0. The van der Waals surface area contributed by atoms with Crippen LogP contribution in [0.3, 0.4) is 0 Å². The zero-order valence-electron chi connectivity index (χ0n) is 14.6. The number of nitrogens with zero attached hydrogens (tertiary/aromatic N) is 1. The van der Waals surface area contributed by atoms with Gasteiger partial charge >= 0.3 is 0 Å². The zero-order valence-corrected chi connectivity index (χ0v) is 14.6. The van der Waals surface area contributed by atoms with E-state index in [1.54, 1.807) is 12.1 Å². The first kappa shape index (κ1) is 18.7. The number of rotatable bonds is 6. The minimum Gasteiger partial charge on any atom is -0.242 e. The Kier molecular flexibility index (Phi) is 5.93. The van der Waals surface area contributed by atoms with Crippen LogP contribution in [-0.2, 0) is 19.3 Å². The fourth-order valence-electron chi connectivity index (χ4n) is 2.99. The number of hydrogen-bond acceptors (Lipinski definition) is 1. The molecule has 0 aliphatic carbocycles. The average Bonchev–Trinajstić information content (AvgIpc) is 2.68. The molecule has 0 saturated carbocycles. The quantitative estimate of drug-likeness (QED) is 0.535. The first-order valence-corrected chi connectivity index (χ1v) is 8.71. The van der Waals surface area contributed by atoms with E-state index in [1.165, 1.54) is 18.2 Å². The molecule has 1 atom stereocenters. The molecule has 3 aromatic rings. The number of benzene rings is 3. The molecule has 0 heterocycles. The van der Waals surface area contributed by atoms with Crippen LogP contribution in [0.25, 0.3) is 0 Å². The molecule has 0 saturated heterocycles. The third-order valence-electron chi connectivity index (χ3n) is 4.52. The molecular formula is C23H18F3N. The summed E-state index contributed by atoms with van der Waals surface area (Å²) in [7, 11) is 0. The van der Waals surface area contributed by atoms with Crippen LogP contribution in [-0.4, -0.2) is 0 Å². The molecule has 0 bridgehead atoms. The van der Waals surface area contributed by atoms with E-state index in [1.807, 2.05) is 42.5 Å². The summed E-state index contributed by atoms with van der Waals surface area (Å²) in [5.41, 5.74) is 2.50. The summed E-state index contributed by atoms with van der Waals surface area (Å²) in [5, 5.41) is 8.70. The van der Waals surface area contributed by atoms with Gasteiger partial charge in [0.1, 0.15) is 29.4 Å². The maximum atomic E-state index is 14.3. The number of aryl methyl sites for hydroxylation is 2. The summed E-state index contributed by atoms with van der Waals surface area (Å²) >= 11 is 0. The van der Waals surface area contributed by atoms with Crippen molar-refractivity contribution >= 4 is 0 Å². The molecule has 4 heteroatoms. The van der Waals surface area contributed by atoms with Crippen molar-refractivity contribution in [3.8, 4) is 6.07 Å². The van der Waals surface area contributed by atoms with Gasteiger partial charge in [0, 0.05) is 6.42 Å². The van der Waals surface area contributed by atoms with Crippen molar-refractivity contribution < 1.29 is 13.2 Å². The molecule has 0 aliphatic heterocycles. The Morgan fingerprint density at radius 1 is 0.778 bits per heavy atom. The molecule has 136 valence electrons. The Morgan fingerprint density at radius 2 is 1.33 bits per heavy atom. The van der Waals surface area contributed by atoms with Gasteiger partial charge in [-0.05, 0) is 47.2 Å². The van der Waals surface area contributed by atoms with E-state index in [0.29, 0.717) is 30.4 Å². The number of alkyl halides is 1. The fraction of sp³-hybridized carbons (Fsp3) is 0.174. The molecule has 0 aromatic heterocycles. The van der Waals surface area contributed by atoms with Crippen molar-refractivity contribution in [2.75, 3.05) is 0 Å². The van der Waals surface area contributed by atoms with Gasteiger partial charge in [0.15, 0.2) is 0 Å². The predicted molar refractivity (Wildman–Crippen MR) is 98.9 cm³/mol. The third kappa shape index (κ3) is 4.77. The van der Waals surface area contributed by atoms with Gasteiger partial charge in [-0.15, -0.1) is 0 Å². The lowest BCUT2D eigenvalue weighted by Crippen LogP contribution is -1.99. The van der Waals surface area contributed by atoms with Gasteiger partial charge in [0.05, 0.1) is 0 Å². The maximum absolute atomic E-state index is 14.3. The SMILES string of the molecule is N#Cc1c(F)cc(CCc2ccc(C[C@H](F)c3ccccc3)cc2)cc1F. The van der Waals surface area contributed by atoms with Crippen molar-refractivity contribution in [2.45, 2.75) is 25.4 Å². The minimum atomic E-state index is -1.05. The molecule has 3 aromatic carbocycles. The van der Waals surface area contributed by atoms with Gasteiger partial charge < -0.3 is 0 Å². The van der Waals surface area contributed by atoms with Gasteiger partial charge in [-0.3, -0.25) is 0 Å². The Hall–Kier alpha value is -3.06. The van der Waals surface area contributed by atoms with E-state index in [-0.39, 0.29) is 0 Å². The molecule has 0 spiro atoms. The smallest absolute Gasteiger partial charge is 0.144 e. The fourth-order valence-corrected chi connectivity index (χ4v) is 2.99. The highest BCUT2D eigenvalue weighted by Crippen LogP contribution is 2.22. The zero-order chi connectivity index (χ0) is 19.2. The van der Waals surface area contributed by atoms with E-state index < -0.39 is 23.4 Å². The molecule has 0 radical (unpaired) electrons. The first-order valence-electron chi connectivity index (χ1n) is 8.71. The van der Waals surface area contributed by atoms with Crippen LogP contribution < -0.4 is 0 Å². The Morgan fingerprint density at radius 3 is 1.93 bits per heavy atom. The van der Waals surface area contributed by atoms with Crippen LogP contribution in [0, 0.1) is 23.0 Å². The normalized spacial score (nSPS) is 11.8. The predicted octanol–water partition coefficient (Wildman–Crippen LogP) is 5.87. The van der Waals surface area contributed by atoms with Crippen LogP contribution in [0.5, 0.6) is 0 Å². The first-order chi connectivity index (χ1) is 13.1. The van der Waals surface area contributed by atoms with Crippen LogP contribution in [0.2, 0.25) is 0 Å². The molecule has 3 rings (SSSR count). The second-order valence-corrected chi connectivity index (χ2v) is 6.45. The topological polar surface area (TPSA) is 23.8 Å². The Labute approximate surface area is 156 Å². The molecular weight excluding hydrogens is 347 g/mol. The van der Waals surface area contributed by atoms with E-state index >= 15 is 0 Å². The lowest BCUT2D eigenvalue weighted by molar-refractivity contribution is 0.342. The molecule has 27 heavy (non-hydrogen) atoms. The summed E-state index contributed by atoms with van der Waals surface area (Å²) in [6, 6.07) is 20.5. The van der Waals surface area contributed by atoms with Gasteiger partial charge in [0.25, 0.3) is 0 Å².